The van der Waals surface area contributed by atoms with Crippen molar-refractivity contribution in [3.05, 3.63) is 63.3 Å². The number of amides is 1. The molecule has 4 heterocycles. The van der Waals surface area contributed by atoms with Gasteiger partial charge in [-0.2, -0.15) is 0 Å². The van der Waals surface area contributed by atoms with Crippen LogP contribution >= 0.6 is 34.7 Å². The summed E-state index contributed by atoms with van der Waals surface area (Å²) in [5.74, 6) is 1.65. The highest BCUT2D eigenvalue weighted by Gasteiger charge is 2.21. The van der Waals surface area contributed by atoms with Crippen LogP contribution in [0, 0.1) is 6.92 Å². The molecular formula is C27H31ClN6O2S2. The smallest absolute Gasteiger partial charge is 0.270 e. The van der Waals surface area contributed by atoms with E-state index < -0.39 is 0 Å². The molecule has 0 radical (unpaired) electrons. The number of carbonyl (C=O) groups excluding carboxylic acids is 1. The predicted molar refractivity (Wildman–Crippen MR) is 152 cm³/mol. The fourth-order valence-electron chi connectivity index (χ4n) is 4.64. The van der Waals surface area contributed by atoms with Crippen molar-refractivity contribution in [1.82, 2.24) is 30.0 Å². The molecule has 38 heavy (non-hydrogen) atoms. The van der Waals surface area contributed by atoms with Crippen LogP contribution in [0.5, 0.6) is 0 Å². The van der Waals surface area contributed by atoms with Crippen LogP contribution < -0.4 is 5.32 Å². The van der Waals surface area contributed by atoms with Crippen molar-refractivity contribution in [3.63, 3.8) is 0 Å². The van der Waals surface area contributed by atoms with E-state index >= 15 is 0 Å². The van der Waals surface area contributed by atoms with Crippen molar-refractivity contribution in [3.8, 4) is 17.3 Å². The summed E-state index contributed by atoms with van der Waals surface area (Å²) >= 11 is 9.31. The van der Waals surface area contributed by atoms with Gasteiger partial charge < -0.3 is 14.6 Å². The van der Waals surface area contributed by atoms with Crippen LogP contribution in [0.4, 0.5) is 0 Å². The van der Waals surface area contributed by atoms with E-state index in [1.165, 1.54) is 42.4 Å². The molecule has 4 aromatic rings. The lowest BCUT2D eigenvalue weighted by atomic mass is 10.0. The summed E-state index contributed by atoms with van der Waals surface area (Å²) in [4.78, 5) is 19.8. The first kappa shape index (κ1) is 26.9. The van der Waals surface area contributed by atoms with E-state index in [4.69, 9.17) is 16.0 Å². The number of furan rings is 1. The van der Waals surface area contributed by atoms with E-state index in [1.54, 1.807) is 6.26 Å². The number of thioether (sulfide) groups is 1. The quantitative estimate of drug-likeness (QED) is 0.178. The summed E-state index contributed by atoms with van der Waals surface area (Å²) < 4.78 is 7.57. The maximum Gasteiger partial charge on any atom is 0.270 e. The third-order valence-corrected chi connectivity index (χ3v) is 8.95. The largest absolute Gasteiger partial charge is 0.461 e. The Morgan fingerprint density at radius 1 is 1.29 bits per heavy atom. The zero-order valence-corrected chi connectivity index (χ0v) is 23.9. The average Bonchev–Trinajstić information content (AvgIpc) is 3.68. The molecule has 1 aliphatic rings. The predicted octanol–water partition coefficient (Wildman–Crippen LogP) is 6.23. The highest BCUT2D eigenvalue weighted by Crippen LogP contribution is 2.32. The fourth-order valence-corrected chi connectivity index (χ4v) is 6.54. The molecule has 0 spiro atoms. The van der Waals surface area contributed by atoms with Crippen molar-refractivity contribution >= 4 is 40.6 Å². The zero-order chi connectivity index (χ0) is 26.5. The van der Waals surface area contributed by atoms with Gasteiger partial charge in [0, 0.05) is 29.5 Å². The Labute approximate surface area is 235 Å². The molecule has 1 N–H and O–H groups in total. The van der Waals surface area contributed by atoms with Crippen molar-refractivity contribution in [2.45, 2.75) is 56.5 Å². The number of aryl methyl sites for hydroxylation is 1. The minimum atomic E-state index is -0.123. The zero-order valence-electron chi connectivity index (χ0n) is 21.5. The van der Waals surface area contributed by atoms with Gasteiger partial charge in [-0.25, -0.2) is 4.98 Å². The minimum Gasteiger partial charge on any atom is -0.461 e. The van der Waals surface area contributed by atoms with Crippen molar-refractivity contribution in [2.24, 2.45) is 0 Å². The van der Waals surface area contributed by atoms with Gasteiger partial charge in [-0.1, -0.05) is 35.9 Å². The first-order chi connectivity index (χ1) is 18.5. The Kier molecular flexibility index (Phi) is 8.83. The third-order valence-electron chi connectivity index (χ3n) is 6.74. The van der Waals surface area contributed by atoms with E-state index in [2.05, 4.69) is 32.3 Å². The number of likely N-dealkylation sites (tertiary alicyclic amines) is 1. The summed E-state index contributed by atoms with van der Waals surface area (Å²) in [6.45, 7) is 7.15. The fraction of sp³-hybridized carbons (Fsp3) is 0.407. The monoisotopic (exact) mass is 570 g/mol. The number of benzene rings is 1. The van der Waals surface area contributed by atoms with E-state index in [0.717, 1.165) is 35.8 Å². The van der Waals surface area contributed by atoms with E-state index in [-0.39, 0.29) is 5.91 Å². The molecule has 1 aromatic carbocycles. The maximum absolute atomic E-state index is 12.7. The minimum absolute atomic E-state index is 0.123. The molecule has 1 amide bonds. The van der Waals surface area contributed by atoms with Gasteiger partial charge in [0.1, 0.15) is 10.7 Å². The molecule has 1 atom stereocenters. The highest BCUT2D eigenvalue weighted by molar-refractivity contribution is 7.98. The van der Waals surface area contributed by atoms with Gasteiger partial charge in [0.05, 0.1) is 17.7 Å². The molecule has 3 aromatic heterocycles. The number of nitrogens with zero attached hydrogens (tertiary/aromatic N) is 5. The SMILES string of the molecule is Cc1ccc(Cl)cc1-n1c(SCc2nc(C(=O)NCCCN3CCCCC3C)cs2)nnc1-c1ccco1. The summed E-state index contributed by atoms with van der Waals surface area (Å²) in [6.07, 6.45) is 6.42. The number of hydrogen-bond acceptors (Lipinski definition) is 8. The number of rotatable bonds is 10. The lowest BCUT2D eigenvalue weighted by Gasteiger charge is -2.33. The molecule has 5 rings (SSSR count). The number of nitrogens with one attached hydrogen (secondary N) is 1. The number of piperidine rings is 1. The van der Waals surface area contributed by atoms with Gasteiger partial charge in [0.2, 0.25) is 5.82 Å². The number of aromatic nitrogens is 4. The van der Waals surface area contributed by atoms with E-state index in [1.807, 2.05) is 47.2 Å². The van der Waals surface area contributed by atoms with Gasteiger partial charge in [-0.05, 0) is 69.5 Å². The number of carbonyl (C=O) groups is 1. The second kappa shape index (κ2) is 12.5. The van der Waals surface area contributed by atoms with Gasteiger partial charge in [-0.3, -0.25) is 9.36 Å². The normalized spacial score (nSPS) is 16.1. The molecule has 1 fully saturated rings. The van der Waals surface area contributed by atoms with Gasteiger partial charge in [-0.15, -0.1) is 21.5 Å². The Morgan fingerprint density at radius 2 is 2.18 bits per heavy atom. The van der Waals surface area contributed by atoms with Crippen LogP contribution in [-0.4, -0.2) is 56.2 Å². The van der Waals surface area contributed by atoms with Crippen molar-refractivity contribution < 1.29 is 9.21 Å². The molecule has 0 aliphatic carbocycles. The van der Waals surface area contributed by atoms with Crippen LogP contribution in [0.2, 0.25) is 5.02 Å². The van der Waals surface area contributed by atoms with Gasteiger partial charge in [0.25, 0.3) is 5.91 Å². The Morgan fingerprint density at radius 3 is 3.00 bits per heavy atom. The lowest BCUT2D eigenvalue weighted by molar-refractivity contribution is 0.0944. The Hall–Kier alpha value is -2.66. The van der Waals surface area contributed by atoms with Crippen LogP contribution in [-0.2, 0) is 5.75 Å². The summed E-state index contributed by atoms with van der Waals surface area (Å²) in [6, 6.07) is 10.0. The Balaban J connectivity index is 1.22. The first-order valence-corrected chi connectivity index (χ1v) is 15.1. The van der Waals surface area contributed by atoms with E-state index in [0.29, 0.717) is 45.8 Å². The molecule has 0 bridgehead atoms. The molecular weight excluding hydrogens is 540 g/mol. The lowest BCUT2D eigenvalue weighted by Crippen LogP contribution is -2.39. The highest BCUT2D eigenvalue weighted by atomic mass is 35.5. The second-order valence-corrected chi connectivity index (χ2v) is 11.8. The van der Waals surface area contributed by atoms with Gasteiger partial charge in [0.15, 0.2) is 10.9 Å². The molecule has 0 saturated carbocycles. The topological polar surface area (TPSA) is 89.1 Å². The number of hydrogen-bond donors (Lipinski definition) is 1. The molecule has 8 nitrogen and oxygen atoms in total. The number of thiazole rings is 1. The summed E-state index contributed by atoms with van der Waals surface area (Å²) in [7, 11) is 0. The maximum atomic E-state index is 12.7. The van der Waals surface area contributed by atoms with E-state index in [9.17, 15) is 4.79 Å². The number of halogens is 1. The van der Waals surface area contributed by atoms with Crippen LogP contribution in [0.15, 0.2) is 51.5 Å². The third kappa shape index (κ3) is 6.31. The van der Waals surface area contributed by atoms with Gasteiger partial charge >= 0.3 is 0 Å². The molecule has 200 valence electrons. The molecule has 11 heteroatoms. The molecule has 1 aliphatic heterocycles. The standard InChI is InChI=1S/C27H31ClN6O2S2/c1-18-9-10-20(28)15-22(18)34-25(23-8-5-14-36-23)31-32-27(34)38-17-24-30-21(16-37-24)26(35)29-11-6-13-33-12-4-3-7-19(33)2/h5,8-10,14-16,19H,3-4,6-7,11-13,17H2,1-2H3,(H,29,35). The Bertz CT molecular complexity index is 1370. The van der Waals surface area contributed by atoms with Crippen LogP contribution in [0.1, 0.15) is 53.7 Å². The molecule has 1 saturated heterocycles. The second-order valence-electron chi connectivity index (χ2n) is 9.46. The summed E-state index contributed by atoms with van der Waals surface area (Å²) in [5.41, 5.74) is 2.38. The van der Waals surface area contributed by atoms with Crippen molar-refractivity contribution in [2.75, 3.05) is 19.6 Å². The first-order valence-electron chi connectivity index (χ1n) is 12.8. The van der Waals surface area contributed by atoms with Crippen LogP contribution in [0.25, 0.3) is 17.3 Å². The van der Waals surface area contributed by atoms with Crippen LogP contribution in [0.3, 0.4) is 0 Å². The van der Waals surface area contributed by atoms with Crippen molar-refractivity contribution in [1.29, 1.82) is 0 Å². The molecule has 1 unspecified atom stereocenters. The summed E-state index contributed by atoms with van der Waals surface area (Å²) in [5, 5.41) is 15.8. The average molecular weight is 571 g/mol.